The molecule has 0 aromatic heterocycles. The maximum Gasteiger partial charge on any atom is 0.0894 e. The van der Waals surface area contributed by atoms with Gasteiger partial charge in [-0.1, -0.05) is 29.3 Å². The molecule has 0 spiro atoms. The number of nitrogens with two attached hydrogens (primary N) is 1. The van der Waals surface area contributed by atoms with Gasteiger partial charge in [0.05, 0.1) is 28.8 Å². The minimum atomic E-state index is -0.184. The summed E-state index contributed by atoms with van der Waals surface area (Å²) < 4.78 is 5.80. The number of nitrogens with zero attached hydrogens (tertiary/aromatic N) is 1. The van der Waals surface area contributed by atoms with Gasteiger partial charge in [0.15, 0.2) is 0 Å². The predicted octanol–water partition coefficient (Wildman–Crippen LogP) is 3.10. The van der Waals surface area contributed by atoms with Gasteiger partial charge in [-0.3, -0.25) is 4.90 Å². The molecule has 1 saturated heterocycles. The molecule has 2 rings (SSSR count). The Labute approximate surface area is 124 Å². The van der Waals surface area contributed by atoms with Crippen molar-refractivity contribution in [2.45, 2.75) is 32.0 Å². The van der Waals surface area contributed by atoms with Crippen molar-refractivity contribution < 1.29 is 4.74 Å². The molecule has 19 heavy (non-hydrogen) atoms. The Morgan fingerprint density at radius 1 is 1.32 bits per heavy atom. The van der Waals surface area contributed by atoms with Crippen LogP contribution in [-0.4, -0.2) is 36.7 Å². The zero-order valence-corrected chi connectivity index (χ0v) is 12.8. The van der Waals surface area contributed by atoms with E-state index in [1.165, 1.54) is 0 Å². The average Bonchev–Trinajstić information content (AvgIpc) is 2.41. The first-order chi connectivity index (χ1) is 8.99. The molecule has 3 nitrogen and oxygen atoms in total. The quantitative estimate of drug-likeness (QED) is 0.932. The van der Waals surface area contributed by atoms with Gasteiger partial charge >= 0.3 is 0 Å². The molecular formula is C14H20Cl2N2O. The molecule has 1 aliphatic rings. The number of hydrogen-bond acceptors (Lipinski definition) is 3. The smallest absolute Gasteiger partial charge is 0.0894 e. The number of rotatable bonds is 3. The molecule has 0 radical (unpaired) electrons. The molecule has 1 aromatic carbocycles. The molecule has 5 heteroatoms. The molecule has 1 aromatic rings. The van der Waals surface area contributed by atoms with Crippen LogP contribution in [0.4, 0.5) is 0 Å². The zero-order chi connectivity index (χ0) is 14.0. The summed E-state index contributed by atoms with van der Waals surface area (Å²) in [5, 5.41) is 1.08. The molecule has 1 heterocycles. The molecule has 0 saturated carbocycles. The fourth-order valence-corrected chi connectivity index (χ4v) is 2.62. The van der Waals surface area contributed by atoms with Crippen molar-refractivity contribution in [3.63, 3.8) is 0 Å². The van der Waals surface area contributed by atoms with E-state index in [2.05, 4.69) is 18.7 Å². The summed E-state index contributed by atoms with van der Waals surface area (Å²) in [5.41, 5.74) is 7.26. The summed E-state index contributed by atoms with van der Waals surface area (Å²) in [6.07, 6.45) is -0.00612. The van der Waals surface area contributed by atoms with E-state index < -0.39 is 0 Å². The largest absolute Gasteiger partial charge is 0.374 e. The van der Waals surface area contributed by atoms with Crippen molar-refractivity contribution in [1.82, 2.24) is 4.90 Å². The van der Waals surface area contributed by atoms with E-state index in [-0.39, 0.29) is 12.1 Å². The molecule has 0 amide bonds. The number of halogens is 2. The van der Waals surface area contributed by atoms with Crippen molar-refractivity contribution in [2.75, 3.05) is 19.7 Å². The molecular weight excluding hydrogens is 283 g/mol. The lowest BCUT2D eigenvalue weighted by Gasteiger charge is -2.38. The number of hydrogen-bond donors (Lipinski definition) is 1. The van der Waals surface area contributed by atoms with Crippen LogP contribution >= 0.6 is 23.2 Å². The van der Waals surface area contributed by atoms with E-state index in [1.54, 1.807) is 6.07 Å². The lowest BCUT2D eigenvalue weighted by molar-refractivity contribution is -0.0502. The Kier molecular flexibility index (Phi) is 5.09. The molecule has 2 atom stereocenters. The summed E-state index contributed by atoms with van der Waals surface area (Å²) in [7, 11) is 0. The second-order valence-electron chi connectivity index (χ2n) is 5.20. The maximum absolute atomic E-state index is 6.30. The van der Waals surface area contributed by atoms with Crippen molar-refractivity contribution >= 4 is 23.2 Å². The zero-order valence-electron chi connectivity index (χ0n) is 11.3. The minimum Gasteiger partial charge on any atom is -0.374 e. The van der Waals surface area contributed by atoms with E-state index >= 15 is 0 Å². The summed E-state index contributed by atoms with van der Waals surface area (Å²) in [5.74, 6) is 0. The van der Waals surface area contributed by atoms with Gasteiger partial charge in [-0.2, -0.15) is 0 Å². The highest BCUT2D eigenvalue weighted by Crippen LogP contribution is 2.28. The highest BCUT2D eigenvalue weighted by atomic mass is 35.5. The third-order valence-electron chi connectivity index (χ3n) is 3.58. The van der Waals surface area contributed by atoms with Crippen LogP contribution in [0, 0.1) is 0 Å². The first kappa shape index (κ1) is 15.1. The Morgan fingerprint density at radius 2 is 2.05 bits per heavy atom. The molecule has 1 fully saturated rings. The maximum atomic E-state index is 6.30. The highest BCUT2D eigenvalue weighted by molar-refractivity contribution is 6.42. The van der Waals surface area contributed by atoms with Crippen LogP contribution in [0.5, 0.6) is 0 Å². The summed E-state index contributed by atoms with van der Waals surface area (Å²) in [6, 6.07) is 5.84. The molecule has 2 N–H and O–H groups in total. The summed E-state index contributed by atoms with van der Waals surface area (Å²) in [4.78, 5) is 2.38. The number of benzene rings is 1. The van der Waals surface area contributed by atoms with Gasteiger partial charge in [-0.15, -0.1) is 0 Å². The molecule has 0 bridgehead atoms. The minimum absolute atomic E-state index is 0.00612. The van der Waals surface area contributed by atoms with Gasteiger partial charge in [-0.05, 0) is 31.5 Å². The predicted molar refractivity (Wildman–Crippen MR) is 79.8 cm³/mol. The van der Waals surface area contributed by atoms with Gasteiger partial charge < -0.3 is 10.5 Å². The fourth-order valence-electron chi connectivity index (χ4n) is 2.32. The van der Waals surface area contributed by atoms with Gasteiger partial charge in [-0.25, -0.2) is 0 Å². The lowest BCUT2D eigenvalue weighted by Crippen LogP contribution is -2.49. The Hall–Kier alpha value is -0.320. The third-order valence-corrected chi connectivity index (χ3v) is 4.32. The first-order valence-electron chi connectivity index (χ1n) is 6.55. The monoisotopic (exact) mass is 302 g/mol. The SMILES string of the molecule is CC(C)N1CCOC(C(N)c2ccc(Cl)c(Cl)c2)C1. The highest BCUT2D eigenvalue weighted by Gasteiger charge is 2.28. The molecule has 1 aliphatic heterocycles. The summed E-state index contributed by atoms with van der Waals surface area (Å²) in [6.45, 7) is 6.90. The number of ether oxygens (including phenoxy) is 1. The fraction of sp³-hybridized carbons (Fsp3) is 0.571. The second kappa shape index (κ2) is 6.42. The van der Waals surface area contributed by atoms with E-state index in [4.69, 9.17) is 33.7 Å². The van der Waals surface area contributed by atoms with Crippen LogP contribution < -0.4 is 5.73 Å². The molecule has 0 aliphatic carbocycles. The van der Waals surface area contributed by atoms with Crippen LogP contribution in [0.15, 0.2) is 18.2 Å². The van der Waals surface area contributed by atoms with E-state index in [1.807, 2.05) is 12.1 Å². The van der Waals surface area contributed by atoms with Crippen LogP contribution in [0.1, 0.15) is 25.5 Å². The van der Waals surface area contributed by atoms with Crippen LogP contribution in [0.3, 0.4) is 0 Å². The molecule has 106 valence electrons. The Morgan fingerprint density at radius 3 is 2.68 bits per heavy atom. The van der Waals surface area contributed by atoms with Gasteiger partial charge in [0, 0.05) is 19.1 Å². The summed E-state index contributed by atoms with van der Waals surface area (Å²) >= 11 is 12.0. The van der Waals surface area contributed by atoms with Crippen molar-refractivity contribution in [1.29, 1.82) is 0 Å². The normalized spacial score (nSPS) is 22.7. The van der Waals surface area contributed by atoms with Crippen LogP contribution in [-0.2, 0) is 4.74 Å². The van der Waals surface area contributed by atoms with Crippen LogP contribution in [0.25, 0.3) is 0 Å². The first-order valence-corrected chi connectivity index (χ1v) is 7.31. The topological polar surface area (TPSA) is 38.5 Å². The number of morpholine rings is 1. The molecule has 2 unspecified atom stereocenters. The average molecular weight is 303 g/mol. The van der Waals surface area contributed by atoms with E-state index in [0.717, 1.165) is 25.3 Å². The van der Waals surface area contributed by atoms with Gasteiger partial charge in [0.1, 0.15) is 0 Å². The van der Waals surface area contributed by atoms with Crippen LogP contribution in [0.2, 0.25) is 10.0 Å². The van der Waals surface area contributed by atoms with E-state index in [0.29, 0.717) is 16.1 Å². The van der Waals surface area contributed by atoms with E-state index in [9.17, 15) is 0 Å². The van der Waals surface area contributed by atoms with Crippen molar-refractivity contribution in [3.8, 4) is 0 Å². The lowest BCUT2D eigenvalue weighted by atomic mass is 10.0. The van der Waals surface area contributed by atoms with Gasteiger partial charge in [0.2, 0.25) is 0 Å². The Bertz CT molecular complexity index is 439. The van der Waals surface area contributed by atoms with Crippen molar-refractivity contribution in [2.24, 2.45) is 5.73 Å². The third kappa shape index (κ3) is 3.61. The second-order valence-corrected chi connectivity index (χ2v) is 6.01. The van der Waals surface area contributed by atoms with Crippen molar-refractivity contribution in [3.05, 3.63) is 33.8 Å². The van der Waals surface area contributed by atoms with Gasteiger partial charge in [0.25, 0.3) is 0 Å². The standard InChI is InChI=1S/C14H20Cl2N2O/c1-9(2)18-5-6-19-13(8-18)14(17)10-3-4-11(15)12(16)7-10/h3-4,7,9,13-14H,5-6,8,17H2,1-2H3. The Balaban J connectivity index is 2.10.